The first kappa shape index (κ1) is 16.7. The van der Waals surface area contributed by atoms with Crippen LogP contribution in [-0.4, -0.2) is 62.0 Å². The number of hydrogen-bond acceptors (Lipinski definition) is 4. The summed E-state index contributed by atoms with van der Waals surface area (Å²) >= 11 is 0. The minimum Gasteiger partial charge on any atom is -0.369 e. The molecule has 2 amide bonds. The molecule has 0 spiro atoms. The summed E-state index contributed by atoms with van der Waals surface area (Å²) in [4.78, 5) is 27.6. The molecular formula is C17H23FN4O2. The number of nitrogens with zero attached hydrogens (tertiary/aromatic N) is 2. The van der Waals surface area contributed by atoms with Crippen molar-refractivity contribution in [2.75, 3.05) is 44.2 Å². The average molecular weight is 334 g/mol. The second-order valence-corrected chi connectivity index (χ2v) is 6.31. The smallest absolute Gasteiger partial charge is 0.309 e. The zero-order valence-corrected chi connectivity index (χ0v) is 13.6. The maximum Gasteiger partial charge on any atom is 0.309 e. The normalized spacial score (nSPS) is 18.3. The Morgan fingerprint density at radius 1 is 1.04 bits per heavy atom. The van der Waals surface area contributed by atoms with Gasteiger partial charge in [-0.25, -0.2) is 4.39 Å². The Morgan fingerprint density at radius 3 is 2.33 bits per heavy atom. The average Bonchev–Trinajstić information content (AvgIpc) is 3.40. The second kappa shape index (κ2) is 7.61. The van der Waals surface area contributed by atoms with Gasteiger partial charge in [0.1, 0.15) is 5.82 Å². The quantitative estimate of drug-likeness (QED) is 0.763. The molecule has 1 heterocycles. The first-order valence-electron chi connectivity index (χ1n) is 8.43. The van der Waals surface area contributed by atoms with E-state index < -0.39 is 11.8 Å². The fourth-order valence-corrected chi connectivity index (χ4v) is 2.77. The van der Waals surface area contributed by atoms with Gasteiger partial charge in [0.05, 0.1) is 0 Å². The van der Waals surface area contributed by atoms with Gasteiger partial charge in [-0.05, 0) is 37.1 Å². The van der Waals surface area contributed by atoms with Crippen LogP contribution in [0.1, 0.15) is 12.8 Å². The fourth-order valence-electron chi connectivity index (χ4n) is 2.77. The lowest BCUT2D eigenvalue weighted by Gasteiger charge is -2.36. The van der Waals surface area contributed by atoms with E-state index in [1.54, 1.807) is 12.1 Å². The highest BCUT2D eigenvalue weighted by Crippen LogP contribution is 2.18. The number of halogens is 1. The topological polar surface area (TPSA) is 64.7 Å². The highest BCUT2D eigenvalue weighted by molar-refractivity contribution is 6.35. The van der Waals surface area contributed by atoms with Crippen molar-refractivity contribution in [1.29, 1.82) is 0 Å². The monoisotopic (exact) mass is 334 g/mol. The van der Waals surface area contributed by atoms with E-state index >= 15 is 0 Å². The number of benzene rings is 1. The van der Waals surface area contributed by atoms with E-state index in [1.165, 1.54) is 12.1 Å². The molecule has 0 bridgehead atoms. The summed E-state index contributed by atoms with van der Waals surface area (Å²) in [6, 6.07) is 6.74. The maximum atomic E-state index is 13.0. The molecule has 1 aromatic rings. The third-order valence-corrected chi connectivity index (χ3v) is 4.40. The van der Waals surface area contributed by atoms with Crippen LogP contribution in [0.25, 0.3) is 0 Å². The van der Waals surface area contributed by atoms with Gasteiger partial charge in [-0.2, -0.15) is 0 Å². The summed E-state index contributed by atoms with van der Waals surface area (Å²) < 4.78 is 13.0. The van der Waals surface area contributed by atoms with E-state index in [1.807, 2.05) is 0 Å². The summed E-state index contributed by atoms with van der Waals surface area (Å²) in [6.45, 7) is 4.67. The number of carbonyl (C=O) groups is 2. The van der Waals surface area contributed by atoms with Crippen molar-refractivity contribution in [3.05, 3.63) is 30.1 Å². The Hall–Kier alpha value is -2.15. The number of rotatable bonds is 5. The summed E-state index contributed by atoms with van der Waals surface area (Å²) in [7, 11) is 0. The molecule has 1 aromatic carbocycles. The van der Waals surface area contributed by atoms with Gasteiger partial charge in [0.25, 0.3) is 0 Å². The SMILES string of the molecule is O=C(NCCN1CCN(c2ccc(F)cc2)CC1)C(=O)NC1CC1. The Morgan fingerprint density at radius 2 is 1.71 bits per heavy atom. The van der Waals surface area contributed by atoms with Crippen molar-refractivity contribution < 1.29 is 14.0 Å². The molecule has 0 aromatic heterocycles. The minimum absolute atomic E-state index is 0.197. The molecule has 1 saturated heterocycles. The number of nitrogens with one attached hydrogen (secondary N) is 2. The zero-order chi connectivity index (χ0) is 16.9. The van der Waals surface area contributed by atoms with Crippen LogP contribution >= 0.6 is 0 Å². The number of anilines is 1. The predicted octanol–water partition coefficient (Wildman–Crippen LogP) is 0.342. The lowest BCUT2D eigenvalue weighted by molar-refractivity contribution is -0.139. The molecule has 0 radical (unpaired) electrons. The van der Waals surface area contributed by atoms with Gasteiger partial charge in [0, 0.05) is 51.0 Å². The van der Waals surface area contributed by atoms with Crippen LogP contribution in [0.5, 0.6) is 0 Å². The second-order valence-electron chi connectivity index (χ2n) is 6.31. The molecule has 3 rings (SSSR count). The summed E-state index contributed by atoms with van der Waals surface area (Å²) in [5.41, 5.74) is 1.03. The molecule has 2 fully saturated rings. The van der Waals surface area contributed by atoms with E-state index in [-0.39, 0.29) is 11.9 Å². The van der Waals surface area contributed by atoms with E-state index in [4.69, 9.17) is 0 Å². The molecule has 24 heavy (non-hydrogen) atoms. The van der Waals surface area contributed by atoms with Gasteiger partial charge in [-0.15, -0.1) is 0 Å². The van der Waals surface area contributed by atoms with Crippen LogP contribution in [0, 0.1) is 5.82 Å². The molecule has 2 aliphatic rings. The maximum absolute atomic E-state index is 13.0. The third kappa shape index (κ3) is 4.67. The van der Waals surface area contributed by atoms with E-state index in [2.05, 4.69) is 20.4 Å². The van der Waals surface area contributed by atoms with Crippen LogP contribution in [0.15, 0.2) is 24.3 Å². The largest absolute Gasteiger partial charge is 0.369 e. The van der Waals surface area contributed by atoms with Gasteiger partial charge in [0.2, 0.25) is 0 Å². The highest BCUT2D eigenvalue weighted by Gasteiger charge is 2.26. The van der Waals surface area contributed by atoms with E-state index in [0.29, 0.717) is 6.54 Å². The van der Waals surface area contributed by atoms with Crippen LogP contribution in [0.4, 0.5) is 10.1 Å². The van der Waals surface area contributed by atoms with Crippen molar-refractivity contribution in [3.63, 3.8) is 0 Å². The van der Waals surface area contributed by atoms with Gasteiger partial charge < -0.3 is 15.5 Å². The molecular weight excluding hydrogens is 311 g/mol. The van der Waals surface area contributed by atoms with Crippen molar-refractivity contribution in [3.8, 4) is 0 Å². The van der Waals surface area contributed by atoms with Crippen LogP contribution in [-0.2, 0) is 9.59 Å². The van der Waals surface area contributed by atoms with Crippen molar-refractivity contribution in [1.82, 2.24) is 15.5 Å². The van der Waals surface area contributed by atoms with Gasteiger partial charge in [-0.3, -0.25) is 14.5 Å². The van der Waals surface area contributed by atoms with Gasteiger partial charge in [0.15, 0.2) is 0 Å². The number of piperazine rings is 1. The zero-order valence-electron chi connectivity index (χ0n) is 13.6. The molecule has 7 heteroatoms. The number of carbonyl (C=O) groups excluding carboxylic acids is 2. The molecule has 1 saturated carbocycles. The predicted molar refractivity (Wildman–Crippen MR) is 89.2 cm³/mol. The molecule has 6 nitrogen and oxygen atoms in total. The Bertz CT molecular complexity index is 581. The lowest BCUT2D eigenvalue weighted by Crippen LogP contribution is -2.49. The van der Waals surface area contributed by atoms with Crippen molar-refractivity contribution in [2.45, 2.75) is 18.9 Å². The van der Waals surface area contributed by atoms with Gasteiger partial charge in [-0.1, -0.05) is 0 Å². The molecule has 130 valence electrons. The molecule has 2 N–H and O–H groups in total. The van der Waals surface area contributed by atoms with Crippen molar-refractivity contribution in [2.24, 2.45) is 0 Å². The highest BCUT2D eigenvalue weighted by atomic mass is 19.1. The Balaban J connectivity index is 1.34. The summed E-state index contributed by atoms with van der Waals surface area (Å²) in [5, 5.41) is 5.34. The minimum atomic E-state index is -0.549. The summed E-state index contributed by atoms with van der Waals surface area (Å²) in [5.74, 6) is -1.30. The Kier molecular flexibility index (Phi) is 5.30. The standard InChI is InChI=1S/C17H23FN4O2/c18-13-1-5-15(6-2-13)22-11-9-21(10-12-22)8-7-19-16(23)17(24)20-14-3-4-14/h1-2,5-6,14H,3-4,7-12H2,(H,19,23)(H,20,24). The molecule has 1 aliphatic heterocycles. The van der Waals surface area contributed by atoms with E-state index in [0.717, 1.165) is 51.3 Å². The number of amides is 2. The van der Waals surface area contributed by atoms with E-state index in [9.17, 15) is 14.0 Å². The first-order valence-corrected chi connectivity index (χ1v) is 8.43. The van der Waals surface area contributed by atoms with Crippen LogP contribution < -0.4 is 15.5 Å². The lowest BCUT2D eigenvalue weighted by atomic mass is 10.2. The molecule has 0 atom stereocenters. The fraction of sp³-hybridized carbons (Fsp3) is 0.529. The van der Waals surface area contributed by atoms with Crippen molar-refractivity contribution >= 4 is 17.5 Å². The van der Waals surface area contributed by atoms with Gasteiger partial charge >= 0.3 is 11.8 Å². The Labute approximate surface area is 141 Å². The van der Waals surface area contributed by atoms with Crippen LogP contribution in [0.2, 0.25) is 0 Å². The van der Waals surface area contributed by atoms with Crippen LogP contribution in [0.3, 0.4) is 0 Å². The number of hydrogen-bond donors (Lipinski definition) is 2. The summed E-state index contributed by atoms with van der Waals surface area (Å²) in [6.07, 6.45) is 1.94. The first-order chi connectivity index (χ1) is 11.6. The molecule has 0 unspecified atom stereocenters. The molecule has 1 aliphatic carbocycles. The third-order valence-electron chi connectivity index (χ3n) is 4.40.